The van der Waals surface area contributed by atoms with Crippen LogP contribution in [0, 0.1) is 6.92 Å². The maximum Gasteiger partial charge on any atom is 0.169 e. The Morgan fingerprint density at radius 1 is 1.14 bits per heavy atom. The fourth-order valence-corrected chi connectivity index (χ4v) is 2.83. The highest BCUT2D eigenvalue weighted by atomic mass is 32.1. The molecule has 4 heteroatoms. The molecule has 3 nitrogen and oxygen atoms in total. The average molecular weight is 305 g/mol. The summed E-state index contributed by atoms with van der Waals surface area (Å²) in [5.74, 6) is 0. The maximum atomic E-state index is 5.47. The summed E-state index contributed by atoms with van der Waals surface area (Å²) in [7, 11) is 0. The van der Waals surface area contributed by atoms with E-state index in [-0.39, 0.29) is 0 Å². The summed E-state index contributed by atoms with van der Waals surface area (Å²) in [6.45, 7) is 10.6. The smallest absolute Gasteiger partial charge is 0.169 e. The molecule has 2 rings (SSSR count). The van der Waals surface area contributed by atoms with Crippen molar-refractivity contribution in [2.75, 3.05) is 32.7 Å². The Hall–Kier alpha value is -1.13. The van der Waals surface area contributed by atoms with Crippen LogP contribution in [0.4, 0.5) is 0 Å². The third-order valence-electron chi connectivity index (χ3n) is 3.99. The molecule has 21 heavy (non-hydrogen) atoms. The minimum atomic E-state index is 0.929. The van der Waals surface area contributed by atoms with Crippen LogP contribution in [0.15, 0.2) is 24.3 Å². The lowest BCUT2D eigenvalue weighted by Gasteiger charge is -2.36. The van der Waals surface area contributed by atoms with Crippen molar-refractivity contribution in [1.82, 2.24) is 15.1 Å². The molecule has 0 amide bonds. The normalized spacial score (nSPS) is 16.0. The van der Waals surface area contributed by atoms with Gasteiger partial charge in [0.15, 0.2) is 5.11 Å². The molecule has 0 spiro atoms. The van der Waals surface area contributed by atoms with E-state index in [0.29, 0.717) is 0 Å². The van der Waals surface area contributed by atoms with Gasteiger partial charge < -0.3 is 10.2 Å². The fraction of sp³-hybridized carbons (Fsp3) is 0.588. The van der Waals surface area contributed by atoms with E-state index < -0.39 is 0 Å². The van der Waals surface area contributed by atoms with Gasteiger partial charge in [-0.15, -0.1) is 0 Å². The van der Waals surface area contributed by atoms with E-state index in [1.807, 2.05) is 0 Å². The van der Waals surface area contributed by atoms with Gasteiger partial charge in [0.25, 0.3) is 0 Å². The maximum absolute atomic E-state index is 5.47. The molecule has 1 saturated heterocycles. The first-order valence-electron chi connectivity index (χ1n) is 7.99. The van der Waals surface area contributed by atoms with E-state index >= 15 is 0 Å². The van der Waals surface area contributed by atoms with Crippen molar-refractivity contribution in [3.63, 3.8) is 0 Å². The molecule has 0 radical (unpaired) electrons. The summed E-state index contributed by atoms with van der Waals surface area (Å²) in [6.07, 6.45) is 2.40. The van der Waals surface area contributed by atoms with Gasteiger partial charge >= 0.3 is 0 Å². The average Bonchev–Trinajstić information content (AvgIpc) is 2.50. The highest BCUT2D eigenvalue weighted by Gasteiger charge is 2.18. The lowest BCUT2D eigenvalue weighted by molar-refractivity contribution is 0.174. The number of piperazine rings is 1. The predicted octanol–water partition coefficient (Wildman–Crippen LogP) is 2.79. The molecule has 1 fully saturated rings. The van der Waals surface area contributed by atoms with Crippen molar-refractivity contribution in [2.24, 2.45) is 0 Å². The van der Waals surface area contributed by atoms with Gasteiger partial charge in [-0.25, -0.2) is 0 Å². The van der Waals surface area contributed by atoms with Gasteiger partial charge in [0.05, 0.1) is 0 Å². The molecule has 116 valence electrons. The van der Waals surface area contributed by atoms with Gasteiger partial charge in [-0.05, 0) is 31.1 Å². The van der Waals surface area contributed by atoms with Crippen molar-refractivity contribution < 1.29 is 0 Å². The highest BCUT2D eigenvalue weighted by Crippen LogP contribution is 2.10. The topological polar surface area (TPSA) is 18.5 Å². The third kappa shape index (κ3) is 5.29. The van der Waals surface area contributed by atoms with E-state index in [0.717, 1.165) is 44.4 Å². The minimum Gasteiger partial charge on any atom is -0.363 e. The van der Waals surface area contributed by atoms with Gasteiger partial charge in [-0.3, -0.25) is 4.90 Å². The van der Waals surface area contributed by atoms with E-state index in [9.17, 15) is 0 Å². The van der Waals surface area contributed by atoms with Crippen LogP contribution in [-0.2, 0) is 6.54 Å². The Labute approximate surface area is 134 Å². The second kappa shape index (κ2) is 8.35. The first-order valence-corrected chi connectivity index (χ1v) is 8.40. The van der Waals surface area contributed by atoms with Gasteiger partial charge in [0.2, 0.25) is 0 Å². The van der Waals surface area contributed by atoms with E-state index in [1.54, 1.807) is 0 Å². The van der Waals surface area contributed by atoms with E-state index in [4.69, 9.17) is 12.2 Å². The number of unbranched alkanes of at least 4 members (excludes halogenated alkanes) is 1. The molecule has 0 atom stereocenters. The van der Waals surface area contributed by atoms with Crippen molar-refractivity contribution in [1.29, 1.82) is 0 Å². The highest BCUT2D eigenvalue weighted by molar-refractivity contribution is 7.80. The minimum absolute atomic E-state index is 0.929. The second-order valence-corrected chi connectivity index (χ2v) is 6.22. The summed E-state index contributed by atoms with van der Waals surface area (Å²) in [5.41, 5.74) is 2.73. The van der Waals surface area contributed by atoms with Crippen LogP contribution in [-0.4, -0.2) is 47.6 Å². The number of hydrogen-bond donors (Lipinski definition) is 1. The van der Waals surface area contributed by atoms with Crippen LogP contribution < -0.4 is 5.32 Å². The second-order valence-electron chi connectivity index (χ2n) is 5.83. The van der Waals surface area contributed by atoms with Crippen molar-refractivity contribution in [3.05, 3.63) is 35.4 Å². The number of nitrogens with zero attached hydrogens (tertiary/aromatic N) is 2. The Morgan fingerprint density at radius 2 is 1.81 bits per heavy atom. The molecule has 1 aliphatic rings. The number of rotatable bonds is 5. The summed E-state index contributed by atoms with van der Waals surface area (Å²) in [6, 6.07) is 8.86. The van der Waals surface area contributed by atoms with Crippen LogP contribution in [0.3, 0.4) is 0 Å². The molecule has 0 bridgehead atoms. The Kier molecular flexibility index (Phi) is 6.46. The van der Waals surface area contributed by atoms with Gasteiger partial charge in [-0.1, -0.05) is 43.2 Å². The third-order valence-corrected chi connectivity index (χ3v) is 4.40. The SMILES string of the molecule is CCCCNC(=S)N1CCN(Cc2ccc(C)cc2)CC1. The Bertz CT molecular complexity index is 436. The number of hydrogen-bond acceptors (Lipinski definition) is 2. The zero-order valence-electron chi connectivity index (χ0n) is 13.3. The monoisotopic (exact) mass is 305 g/mol. The van der Waals surface area contributed by atoms with Crippen molar-refractivity contribution >= 4 is 17.3 Å². The molecular formula is C17H27N3S. The Balaban J connectivity index is 1.72. The zero-order chi connectivity index (χ0) is 15.1. The van der Waals surface area contributed by atoms with Gasteiger partial charge in [-0.2, -0.15) is 0 Å². The van der Waals surface area contributed by atoms with Crippen LogP contribution >= 0.6 is 12.2 Å². The quantitative estimate of drug-likeness (QED) is 0.666. The van der Waals surface area contributed by atoms with Gasteiger partial charge in [0.1, 0.15) is 0 Å². The molecule has 1 aliphatic heterocycles. The largest absolute Gasteiger partial charge is 0.363 e. The molecule has 1 N–H and O–H groups in total. The molecule has 0 aliphatic carbocycles. The zero-order valence-corrected chi connectivity index (χ0v) is 14.1. The number of aryl methyl sites for hydroxylation is 1. The molecule has 0 unspecified atom stereocenters. The predicted molar refractivity (Wildman–Crippen MR) is 93.5 cm³/mol. The first kappa shape index (κ1) is 16.2. The first-order chi connectivity index (χ1) is 10.2. The van der Waals surface area contributed by atoms with Crippen molar-refractivity contribution in [2.45, 2.75) is 33.2 Å². The van der Waals surface area contributed by atoms with Crippen LogP contribution in [0.5, 0.6) is 0 Å². The summed E-state index contributed by atoms with van der Waals surface area (Å²) in [4.78, 5) is 4.81. The van der Waals surface area contributed by atoms with E-state index in [2.05, 4.69) is 53.2 Å². The Morgan fingerprint density at radius 3 is 2.43 bits per heavy atom. The molecule has 0 saturated carbocycles. The summed E-state index contributed by atoms with van der Waals surface area (Å²) < 4.78 is 0. The van der Waals surface area contributed by atoms with Crippen LogP contribution in [0.1, 0.15) is 30.9 Å². The lowest BCUT2D eigenvalue weighted by atomic mass is 10.1. The number of benzene rings is 1. The molecule has 1 aromatic rings. The van der Waals surface area contributed by atoms with Gasteiger partial charge in [0, 0.05) is 39.3 Å². The van der Waals surface area contributed by atoms with Crippen LogP contribution in [0.25, 0.3) is 0 Å². The van der Waals surface area contributed by atoms with E-state index in [1.165, 1.54) is 24.0 Å². The summed E-state index contributed by atoms with van der Waals surface area (Å²) >= 11 is 5.47. The summed E-state index contributed by atoms with van der Waals surface area (Å²) in [5, 5.41) is 4.29. The fourth-order valence-electron chi connectivity index (χ4n) is 2.54. The molecule has 1 heterocycles. The lowest BCUT2D eigenvalue weighted by Crippen LogP contribution is -2.51. The molecule has 1 aromatic carbocycles. The molecule has 0 aromatic heterocycles. The van der Waals surface area contributed by atoms with Crippen LogP contribution in [0.2, 0.25) is 0 Å². The number of thiocarbonyl (C=S) groups is 1. The molecular weight excluding hydrogens is 278 g/mol. The standard InChI is InChI=1S/C17H27N3S/c1-3-4-9-18-17(21)20-12-10-19(11-13-20)14-16-7-5-15(2)6-8-16/h5-8H,3-4,9-14H2,1-2H3,(H,18,21). The number of nitrogens with one attached hydrogen (secondary N) is 1. The van der Waals surface area contributed by atoms with Crippen molar-refractivity contribution in [3.8, 4) is 0 Å².